The van der Waals surface area contributed by atoms with Crippen molar-refractivity contribution in [2.45, 2.75) is 51.9 Å². The number of fused-ring (bicyclic) bond motifs is 1. The van der Waals surface area contributed by atoms with Crippen LogP contribution in [0.5, 0.6) is 0 Å². The van der Waals surface area contributed by atoms with Crippen LogP contribution in [-0.2, 0) is 20.8 Å². The van der Waals surface area contributed by atoms with Crippen molar-refractivity contribution in [1.29, 1.82) is 0 Å². The van der Waals surface area contributed by atoms with Gasteiger partial charge in [-0.2, -0.15) is 13.2 Å². The summed E-state index contributed by atoms with van der Waals surface area (Å²) in [6.07, 6.45) is -7.79. The number of carbonyl (C=O) groups is 3. The Bertz CT molecular complexity index is 1160. The summed E-state index contributed by atoms with van der Waals surface area (Å²) in [5.41, 5.74) is 9.34. The number of halogens is 3. The maximum absolute atomic E-state index is 13.1. The average Bonchev–Trinajstić information content (AvgIpc) is 2.92. The molecule has 0 saturated heterocycles. The van der Waals surface area contributed by atoms with Gasteiger partial charge in [0.05, 0.1) is 11.4 Å². The van der Waals surface area contributed by atoms with Crippen molar-refractivity contribution >= 4 is 29.1 Å². The van der Waals surface area contributed by atoms with Crippen LogP contribution < -0.4 is 16.4 Å². The average molecular weight is 489 g/mol. The summed E-state index contributed by atoms with van der Waals surface area (Å²) in [6.45, 7) is 3.84. The summed E-state index contributed by atoms with van der Waals surface area (Å²) in [6, 6.07) is 13.0. The Morgan fingerprint density at radius 1 is 1.20 bits per heavy atom. The molecule has 3 amide bonds. The second-order valence-corrected chi connectivity index (χ2v) is 8.46. The molecule has 1 heterocycles. The highest BCUT2D eigenvalue weighted by molar-refractivity contribution is 6.20. The largest absolute Gasteiger partial charge is 0.389 e. The number of nitrogens with one attached hydrogen (secondary N) is 2. The fourth-order valence-corrected chi connectivity index (χ4v) is 3.97. The molecule has 0 aromatic heterocycles. The minimum absolute atomic E-state index is 0.449. The van der Waals surface area contributed by atoms with Crippen LogP contribution in [0.3, 0.4) is 0 Å². The molecule has 0 saturated carbocycles. The van der Waals surface area contributed by atoms with Crippen molar-refractivity contribution in [3.63, 3.8) is 0 Å². The number of amides is 3. The second kappa shape index (κ2) is 10.7. The van der Waals surface area contributed by atoms with Gasteiger partial charge in [-0.05, 0) is 31.4 Å². The van der Waals surface area contributed by atoms with Gasteiger partial charge in [-0.1, -0.05) is 48.9 Å². The number of aryl methyl sites for hydroxylation is 2. The molecular weight excluding hydrogens is 461 g/mol. The Balaban J connectivity index is 2.00. The molecule has 7 nitrogen and oxygen atoms in total. The van der Waals surface area contributed by atoms with E-state index in [0.717, 1.165) is 11.1 Å². The summed E-state index contributed by atoms with van der Waals surface area (Å²) in [5, 5.41) is 5.23. The lowest BCUT2D eigenvalue weighted by Gasteiger charge is -2.19. The van der Waals surface area contributed by atoms with Crippen LogP contribution in [0.25, 0.3) is 0 Å². The van der Waals surface area contributed by atoms with E-state index in [9.17, 15) is 27.6 Å². The quantitative estimate of drug-likeness (QED) is 0.527. The Hall–Kier alpha value is -3.69. The van der Waals surface area contributed by atoms with Crippen molar-refractivity contribution in [2.24, 2.45) is 16.6 Å². The molecule has 0 spiro atoms. The van der Waals surface area contributed by atoms with E-state index < -0.39 is 55.2 Å². The van der Waals surface area contributed by atoms with E-state index in [1.54, 1.807) is 6.07 Å². The van der Waals surface area contributed by atoms with Crippen molar-refractivity contribution < 1.29 is 27.6 Å². The van der Waals surface area contributed by atoms with Crippen LogP contribution in [0.4, 0.5) is 18.9 Å². The molecule has 2 unspecified atom stereocenters. The van der Waals surface area contributed by atoms with Gasteiger partial charge in [0.1, 0.15) is 0 Å². The number of hydrogen-bond acceptors (Lipinski definition) is 4. The van der Waals surface area contributed by atoms with Gasteiger partial charge in [0.2, 0.25) is 18.0 Å². The van der Waals surface area contributed by atoms with Crippen LogP contribution in [0.2, 0.25) is 0 Å². The molecule has 2 aromatic carbocycles. The topological polar surface area (TPSA) is 114 Å². The smallest absolute Gasteiger partial charge is 0.370 e. The fourth-order valence-electron chi connectivity index (χ4n) is 3.97. The zero-order valence-electron chi connectivity index (χ0n) is 19.4. The molecule has 1 aliphatic heterocycles. The molecule has 2 atom stereocenters. The van der Waals surface area contributed by atoms with Gasteiger partial charge < -0.3 is 16.4 Å². The first kappa shape index (κ1) is 25.9. The van der Waals surface area contributed by atoms with E-state index in [1.165, 1.54) is 0 Å². The third-order valence-corrected chi connectivity index (χ3v) is 5.71. The fraction of sp³-hybridized carbons (Fsp3) is 0.360. The van der Waals surface area contributed by atoms with Gasteiger partial charge in [-0.15, -0.1) is 0 Å². The van der Waals surface area contributed by atoms with Crippen molar-refractivity contribution in [3.8, 4) is 0 Å². The van der Waals surface area contributed by atoms with Crippen LogP contribution in [0, 0.1) is 12.8 Å². The molecule has 3 rings (SSSR count). The van der Waals surface area contributed by atoms with E-state index in [4.69, 9.17) is 5.73 Å². The number of benzene rings is 2. The Morgan fingerprint density at radius 3 is 2.54 bits per heavy atom. The zero-order valence-corrected chi connectivity index (χ0v) is 19.4. The number of hydrogen-bond donors (Lipinski definition) is 3. The van der Waals surface area contributed by atoms with E-state index in [0.29, 0.717) is 28.9 Å². The minimum Gasteiger partial charge on any atom is -0.370 e. The zero-order chi connectivity index (χ0) is 25.8. The minimum atomic E-state index is -4.51. The molecular formula is C25H27F3N4O3. The normalized spacial score (nSPS) is 16.4. The molecule has 0 fully saturated rings. The lowest BCUT2D eigenvalue weighted by Crippen LogP contribution is -2.45. The molecule has 186 valence electrons. The third kappa shape index (κ3) is 6.68. The lowest BCUT2D eigenvalue weighted by atomic mass is 9.96. The van der Waals surface area contributed by atoms with Crippen molar-refractivity contribution in [1.82, 2.24) is 5.32 Å². The second-order valence-electron chi connectivity index (χ2n) is 8.46. The van der Waals surface area contributed by atoms with E-state index in [2.05, 4.69) is 15.6 Å². The van der Waals surface area contributed by atoms with Gasteiger partial charge in [0, 0.05) is 29.9 Å². The van der Waals surface area contributed by atoms with Crippen LogP contribution in [0.15, 0.2) is 47.5 Å². The third-order valence-electron chi connectivity index (χ3n) is 5.71. The molecule has 0 radical (unpaired) electrons. The molecule has 2 aromatic rings. The first-order valence-electron chi connectivity index (χ1n) is 11.2. The molecule has 1 aliphatic rings. The molecule has 0 bridgehead atoms. The van der Waals surface area contributed by atoms with Crippen molar-refractivity contribution in [2.75, 3.05) is 5.32 Å². The van der Waals surface area contributed by atoms with Gasteiger partial charge in [0.15, 0.2) is 0 Å². The number of benzodiazepines with no additional fused rings is 1. The maximum Gasteiger partial charge on any atom is 0.389 e. The number of para-hydroxylation sites is 1. The summed E-state index contributed by atoms with van der Waals surface area (Å²) in [5.74, 6) is -3.81. The van der Waals surface area contributed by atoms with Crippen molar-refractivity contribution in [3.05, 3.63) is 64.7 Å². The summed E-state index contributed by atoms with van der Waals surface area (Å²) in [7, 11) is 0. The van der Waals surface area contributed by atoms with Crippen LogP contribution >= 0.6 is 0 Å². The lowest BCUT2D eigenvalue weighted by molar-refractivity contribution is -0.143. The number of aliphatic imine (C=N–C) groups is 1. The first-order chi connectivity index (χ1) is 16.5. The maximum atomic E-state index is 13.1. The number of primary amides is 1. The molecule has 35 heavy (non-hydrogen) atoms. The van der Waals surface area contributed by atoms with Crippen LogP contribution in [0.1, 0.15) is 48.4 Å². The predicted octanol–water partition coefficient (Wildman–Crippen LogP) is 3.62. The van der Waals surface area contributed by atoms with Gasteiger partial charge in [-0.25, -0.2) is 4.99 Å². The number of carbonyl (C=O) groups excluding carboxylic acids is 3. The predicted molar refractivity (Wildman–Crippen MR) is 126 cm³/mol. The Kier molecular flexibility index (Phi) is 7.93. The molecule has 4 N–H and O–H groups in total. The van der Waals surface area contributed by atoms with E-state index >= 15 is 0 Å². The Morgan fingerprint density at radius 2 is 1.91 bits per heavy atom. The highest BCUT2D eigenvalue weighted by atomic mass is 19.4. The number of anilines is 1. The van der Waals surface area contributed by atoms with Gasteiger partial charge in [0.25, 0.3) is 5.91 Å². The van der Waals surface area contributed by atoms with Gasteiger partial charge >= 0.3 is 6.18 Å². The monoisotopic (exact) mass is 488 g/mol. The van der Waals surface area contributed by atoms with Crippen LogP contribution in [-0.4, -0.2) is 35.8 Å². The molecule has 10 heteroatoms. The highest BCUT2D eigenvalue weighted by Crippen LogP contribution is 2.29. The number of rotatable bonds is 8. The van der Waals surface area contributed by atoms with E-state index in [1.807, 2.05) is 50.2 Å². The first-order valence-corrected chi connectivity index (χ1v) is 11.2. The number of nitrogens with zero attached hydrogens (tertiary/aromatic N) is 1. The summed E-state index contributed by atoms with van der Waals surface area (Å²) in [4.78, 5) is 41.9. The summed E-state index contributed by atoms with van der Waals surface area (Å²) < 4.78 is 38.3. The number of alkyl halides is 3. The van der Waals surface area contributed by atoms with Gasteiger partial charge in [-0.3, -0.25) is 14.4 Å². The molecule has 0 aliphatic carbocycles. The number of nitrogens with two attached hydrogens (primary N) is 1. The summed E-state index contributed by atoms with van der Waals surface area (Å²) >= 11 is 0. The standard InChI is InChI=1S/C25H27F3N4O3/c1-3-15-7-5-9-18-20(15)31-24(35)22(30-21(18)16-8-4-6-14(2)12-16)32-23(34)17(13-19(29)33)10-11-25(26,27)28/h4-9,12,17,22H,3,10-11,13H2,1-2H3,(H2,29,33)(H,31,35)(H,32,34). The highest BCUT2D eigenvalue weighted by Gasteiger charge is 2.34. The Labute approximate surface area is 201 Å². The van der Waals surface area contributed by atoms with E-state index in [-0.39, 0.29) is 0 Å². The SMILES string of the molecule is CCc1cccc2c1NC(=O)C(NC(=O)C(CCC(F)(F)F)CC(N)=O)N=C2c1cccc(C)c1.